The Balaban J connectivity index is 1.60. The highest BCUT2D eigenvalue weighted by Gasteiger charge is 2.19. The van der Waals surface area contributed by atoms with Crippen LogP contribution in [0.15, 0.2) is 77.7 Å². The van der Waals surface area contributed by atoms with Gasteiger partial charge in [0.2, 0.25) is 0 Å². The third kappa shape index (κ3) is 6.07. The number of ether oxygens (including phenoxy) is 2. The molecule has 176 valence electrons. The molecular weight excluding hydrogens is 466 g/mol. The number of nitro groups is 1. The van der Waals surface area contributed by atoms with E-state index in [1.165, 1.54) is 43.5 Å². The molecule has 3 aromatic carbocycles. The predicted molar refractivity (Wildman–Crippen MR) is 122 cm³/mol. The number of esters is 1. The van der Waals surface area contributed by atoms with E-state index in [9.17, 15) is 28.1 Å². The SMILES string of the molecule is COc1ccc(NC(=O)COC(=O)c2ccc(S(=O)(=O)Nc3ccccc3)cc2)c([N+](=O)[O-])c1. The van der Waals surface area contributed by atoms with Gasteiger partial charge in [0.15, 0.2) is 6.61 Å². The Morgan fingerprint density at radius 2 is 1.68 bits per heavy atom. The van der Waals surface area contributed by atoms with Crippen molar-refractivity contribution < 1.29 is 32.4 Å². The molecule has 0 heterocycles. The quantitative estimate of drug-likeness (QED) is 0.266. The summed E-state index contributed by atoms with van der Waals surface area (Å²) in [6.07, 6.45) is 0. The summed E-state index contributed by atoms with van der Waals surface area (Å²) in [6, 6.07) is 17.1. The molecule has 0 fully saturated rings. The summed E-state index contributed by atoms with van der Waals surface area (Å²) < 4.78 is 37.2. The third-order valence-electron chi connectivity index (χ3n) is 4.44. The van der Waals surface area contributed by atoms with E-state index in [0.717, 1.165) is 6.07 Å². The van der Waals surface area contributed by atoms with E-state index >= 15 is 0 Å². The molecule has 34 heavy (non-hydrogen) atoms. The molecular formula is C22H19N3O8S. The molecule has 0 bridgehead atoms. The number of methoxy groups -OCH3 is 1. The van der Waals surface area contributed by atoms with Crippen LogP contribution in [0.25, 0.3) is 0 Å². The van der Waals surface area contributed by atoms with Gasteiger partial charge in [-0.2, -0.15) is 0 Å². The van der Waals surface area contributed by atoms with E-state index in [4.69, 9.17) is 9.47 Å². The Hall–Kier alpha value is -4.45. The fraction of sp³-hybridized carbons (Fsp3) is 0.0909. The van der Waals surface area contributed by atoms with Crippen molar-refractivity contribution in [3.63, 3.8) is 0 Å². The van der Waals surface area contributed by atoms with Crippen molar-refractivity contribution in [1.29, 1.82) is 0 Å². The second kappa shape index (κ2) is 10.4. The van der Waals surface area contributed by atoms with Crippen molar-refractivity contribution in [2.75, 3.05) is 23.8 Å². The number of anilines is 2. The van der Waals surface area contributed by atoms with Crippen molar-refractivity contribution in [1.82, 2.24) is 0 Å². The van der Waals surface area contributed by atoms with Gasteiger partial charge < -0.3 is 14.8 Å². The van der Waals surface area contributed by atoms with E-state index in [1.54, 1.807) is 30.3 Å². The molecule has 0 aliphatic carbocycles. The molecule has 3 aromatic rings. The van der Waals surface area contributed by atoms with Crippen LogP contribution in [-0.4, -0.2) is 38.9 Å². The van der Waals surface area contributed by atoms with Crippen LogP contribution in [-0.2, 0) is 19.6 Å². The molecule has 0 radical (unpaired) electrons. The summed E-state index contributed by atoms with van der Waals surface area (Å²) in [7, 11) is -2.52. The number of sulfonamides is 1. The van der Waals surface area contributed by atoms with Crippen molar-refractivity contribution in [2.24, 2.45) is 0 Å². The van der Waals surface area contributed by atoms with E-state index in [-0.39, 0.29) is 27.6 Å². The number of para-hydroxylation sites is 1. The Morgan fingerprint density at radius 1 is 1.00 bits per heavy atom. The maximum absolute atomic E-state index is 12.5. The average Bonchev–Trinajstić information content (AvgIpc) is 2.83. The normalized spacial score (nSPS) is 10.7. The van der Waals surface area contributed by atoms with Crippen molar-refractivity contribution in [3.8, 4) is 5.75 Å². The Kier molecular flexibility index (Phi) is 7.43. The zero-order valence-corrected chi connectivity index (χ0v) is 18.6. The highest BCUT2D eigenvalue weighted by Crippen LogP contribution is 2.28. The number of carbonyl (C=O) groups excluding carboxylic acids is 2. The highest BCUT2D eigenvalue weighted by molar-refractivity contribution is 7.92. The third-order valence-corrected chi connectivity index (χ3v) is 5.83. The lowest BCUT2D eigenvalue weighted by Gasteiger charge is -2.09. The van der Waals surface area contributed by atoms with Crippen molar-refractivity contribution in [2.45, 2.75) is 4.90 Å². The molecule has 0 saturated carbocycles. The number of rotatable bonds is 9. The molecule has 2 N–H and O–H groups in total. The number of benzene rings is 3. The molecule has 0 aromatic heterocycles. The molecule has 12 heteroatoms. The van der Waals surface area contributed by atoms with Crippen LogP contribution >= 0.6 is 0 Å². The van der Waals surface area contributed by atoms with Crippen LogP contribution in [0.3, 0.4) is 0 Å². The number of nitro benzene ring substituents is 1. The zero-order valence-electron chi connectivity index (χ0n) is 17.8. The van der Waals surface area contributed by atoms with Crippen LogP contribution in [0.1, 0.15) is 10.4 Å². The lowest BCUT2D eigenvalue weighted by atomic mass is 10.2. The van der Waals surface area contributed by atoms with Gasteiger partial charge in [0, 0.05) is 5.69 Å². The fourth-order valence-corrected chi connectivity index (χ4v) is 3.84. The Labute approximate surface area is 194 Å². The zero-order chi connectivity index (χ0) is 24.7. The topological polar surface area (TPSA) is 154 Å². The van der Waals surface area contributed by atoms with Crippen molar-refractivity contribution >= 4 is 39.0 Å². The maximum Gasteiger partial charge on any atom is 0.338 e. The number of carbonyl (C=O) groups is 2. The predicted octanol–water partition coefficient (Wildman–Crippen LogP) is 3.20. The number of hydrogen-bond acceptors (Lipinski definition) is 8. The van der Waals surface area contributed by atoms with Crippen molar-refractivity contribution in [3.05, 3.63) is 88.5 Å². The smallest absolute Gasteiger partial charge is 0.338 e. The summed E-state index contributed by atoms with van der Waals surface area (Å²) in [6.45, 7) is -0.711. The van der Waals surface area contributed by atoms with E-state index in [1.807, 2.05) is 0 Å². The summed E-state index contributed by atoms with van der Waals surface area (Å²) in [5.74, 6) is -1.44. The minimum absolute atomic E-state index is 0.0156. The van der Waals surface area contributed by atoms with Gasteiger partial charge in [0.25, 0.3) is 21.6 Å². The number of nitrogens with one attached hydrogen (secondary N) is 2. The van der Waals surface area contributed by atoms with E-state index < -0.39 is 33.4 Å². The van der Waals surface area contributed by atoms with Crippen LogP contribution < -0.4 is 14.8 Å². The summed E-state index contributed by atoms with van der Waals surface area (Å²) in [4.78, 5) is 34.8. The van der Waals surface area contributed by atoms with Gasteiger partial charge in [-0.1, -0.05) is 18.2 Å². The minimum Gasteiger partial charge on any atom is -0.496 e. The molecule has 0 spiro atoms. The number of nitrogens with zero attached hydrogens (tertiary/aromatic N) is 1. The Morgan fingerprint density at radius 3 is 2.29 bits per heavy atom. The molecule has 0 atom stereocenters. The second-order valence-corrected chi connectivity index (χ2v) is 8.44. The van der Waals surface area contributed by atoms with Crippen LogP contribution in [0.2, 0.25) is 0 Å². The number of amides is 1. The average molecular weight is 485 g/mol. The molecule has 11 nitrogen and oxygen atoms in total. The summed E-state index contributed by atoms with van der Waals surface area (Å²) >= 11 is 0. The molecule has 0 saturated heterocycles. The molecule has 3 rings (SSSR count). The first-order valence-electron chi connectivity index (χ1n) is 9.67. The van der Waals surface area contributed by atoms with Gasteiger partial charge in [0.05, 0.1) is 28.6 Å². The molecule has 1 amide bonds. The maximum atomic E-state index is 12.5. The molecule has 0 unspecified atom stereocenters. The monoisotopic (exact) mass is 485 g/mol. The standard InChI is InChI=1S/C22H19N3O8S/c1-32-17-9-12-19(20(13-17)25(28)29)23-21(26)14-33-22(27)15-7-10-18(11-8-15)34(30,31)24-16-5-3-2-4-6-16/h2-13,24H,14H2,1H3,(H,23,26). The van der Waals surface area contributed by atoms with Gasteiger partial charge in [-0.15, -0.1) is 0 Å². The van der Waals surface area contributed by atoms with Gasteiger partial charge in [0.1, 0.15) is 11.4 Å². The highest BCUT2D eigenvalue weighted by atomic mass is 32.2. The second-order valence-electron chi connectivity index (χ2n) is 6.76. The first-order valence-corrected chi connectivity index (χ1v) is 11.2. The summed E-state index contributed by atoms with van der Waals surface area (Å²) in [5.41, 5.74) is -0.0803. The molecule has 0 aliphatic rings. The van der Waals surface area contributed by atoms with Crippen LogP contribution in [0.5, 0.6) is 5.75 Å². The van der Waals surface area contributed by atoms with Crippen LogP contribution in [0, 0.1) is 10.1 Å². The lowest BCUT2D eigenvalue weighted by Crippen LogP contribution is -2.21. The van der Waals surface area contributed by atoms with Gasteiger partial charge >= 0.3 is 5.97 Å². The summed E-state index contributed by atoms with van der Waals surface area (Å²) in [5, 5.41) is 13.5. The fourth-order valence-electron chi connectivity index (χ4n) is 2.79. The lowest BCUT2D eigenvalue weighted by molar-refractivity contribution is -0.384. The van der Waals surface area contributed by atoms with E-state index in [2.05, 4.69) is 10.0 Å². The number of hydrogen-bond donors (Lipinski definition) is 2. The van der Waals surface area contributed by atoms with E-state index in [0.29, 0.717) is 5.69 Å². The van der Waals surface area contributed by atoms with Gasteiger partial charge in [-0.25, -0.2) is 13.2 Å². The first kappa shape index (κ1) is 24.2. The largest absolute Gasteiger partial charge is 0.496 e. The van der Waals surface area contributed by atoms with Gasteiger partial charge in [-0.3, -0.25) is 19.6 Å². The Bertz CT molecular complexity index is 1310. The molecule has 0 aliphatic heterocycles. The minimum atomic E-state index is -3.86. The van der Waals surface area contributed by atoms with Crippen LogP contribution in [0.4, 0.5) is 17.1 Å². The van der Waals surface area contributed by atoms with Gasteiger partial charge in [-0.05, 0) is 48.5 Å². The first-order chi connectivity index (χ1) is 16.2.